The maximum absolute atomic E-state index is 11.3. The van der Waals surface area contributed by atoms with Gasteiger partial charge in [0, 0.05) is 19.2 Å². The first kappa shape index (κ1) is 16.8. The summed E-state index contributed by atoms with van der Waals surface area (Å²) in [4.78, 5) is 11.3. The van der Waals surface area contributed by atoms with Gasteiger partial charge in [-0.15, -0.1) is 0 Å². The van der Waals surface area contributed by atoms with Crippen LogP contribution in [0.5, 0.6) is 0 Å². The number of carbonyl (C=O) groups is 1. The second kappa shape index (κ2) is 7.64. The third-order valence-electron chi connectivity index (χ3n) is 3.87. The molecule has 2 rings (SSSR count). The van der Waals surface area contributed by atoms with Crippen LogP contribution >= 0.6 is 9.39 Å². The summed E-state index contributed by atoms with van der Waals surface area (Å²) in [5.41, 5.74) is 2.48. The summed E-state index contributed by atoms with van der Waals surface area (Å²) in [7, 11) is 4.72. The highest BCUT2D eigenvalue weighted by molar-refractivity contribution is 7.13. The Hall–Kier alpha value is -1.54. The maximum atomic E-state index is 11.3. The van der Waals surface area contributed by atoms with E-state index in [1.807, 2.05) is 7.05 Å². The number of hydrogen-bond acceptors (Lipinski definition) is 4. The van der Waals surface area contributed by atoms with Gasteiger partial charge in [0.05, 0.1) is 6.08 Å². The van der Waals surface area contributed by atoms with Gasteiger partial charge in [-0.2, -0.15) is 0 Å². The van der Waals surface area contributed by atoms with Gasteiger partial charge in [0.25, 0.3) is 0 Å². The average Bonchev–Trinajstić information content (AvgIpc) is 2.41. The molecule has 1 aliphatic carbocycles. The van der Waals surface area contributed by atoms with Crippen molar-refractivity contribution in [2.45, 2.75) is 38.7 Å². The number of aliphatic hydroxyl groups excluding tert-OH is 1. The molecule has 3 atom stereocenters. The van der Waals surface area contributed by atoms with E-state index in [4.69, 9.17) is 4.74 Å². The molecular weight excluding hydrogens is 297 g/mol. The van der Waals surface area contributed by atoms with E-state index in [1.165, 1.54) is 11.3 Å². The van der Waals surface area contributed by atoms with Crippen molar-refractivity contribution in [3.05, 3.63) is 47.4 Å². The van der Waals surface area contributed by atoms with Gasteiger partial charge >= 0.3 is 5.97 Å². The fourth-order valence-electron chi connectivity index (χ4n) is 2.60. The van der Waals surface area contributed by atoms with Gasteiger partial charge in [-0.25, -0.2) is 4.79 Å². The molecule has 0 radical (unpaired) electrons. The number of rotatable bonds is 4. The van der Waals surface area contributed by atoms with Gasteiger partial charge in [0.1, 0.15) is 11.9 Å². The Morgan fingerprint density at radius 1 is 1.41 bits per heavy atom. The molecule has 5 heteroatoms. The number of esters is 1. The van der Waals surface area contributed by atoms with Crippen LogP contribution in [0.4, 0.5) is 0 Å². The molecule has 22 heavy (non-hydrogen) atoms. The lowest BCUT2D eigenvalue weighted by Gasteiger charge is -2.22. The van der Waals surface area contributed by atoms with Gasteiger partial charge in [-0.05, 0) is 46.2 Å². The molecule has 0 spiro atoms. The van der Waals surface area contributed by atoms with Gasteiger partial charge < -0.3 is 14.5 Å². The fraction of sp³-hybridized carbons (Fsp3) is 0.471. The van der Waals surface area contributed by atoms with Crippen LogP contribution in [0.1, 0.15) is 32.6 Å². The normalized spacial score (nSPS) is 29.2. The van der Waals surface area contributed by atoms with Gasteiger partial charge in [-0.3, -0.25) is 0 Å². The largest absolute Gasteiger partial charge is 0.512 e. The fourth-order valence-corrected chi connectivity index (χ4v) is 2.79. The quantitative estimate of drug-likeness (QED) is 0.634. The summed E-state index contributed by atoms with van der Waals surface area (Å²) in [5, 5.41) is 9.51. The summed E-state index contributed by atoms with van der Waals surface area (Å²) in [5.74, 6) is 0.151. The molecular formula is C17H24NO3P. The smallest absolute Gasteiger partial charge is 0.334 e. The van der Waals surface area contributed by atoms with E-state index < -0.39 is 5.97 Å². The molecule has 0 saturated carbocycles. The van der Waals surface area contributed by atoms with E-state index in [9.17, 15) is 9.90 Å². The Morgan fingerprint density at radius 3 is 2.86 bits per heavy atom. The minimum absolute atomic E-state index is 0.115. The predicted molar refractivity (Wildman–Crippen MR) is 91.0 cm³/mol. The van der Waals surface area contributed by atoms with Crippen molar-refractivity contribution in [2.24, 2.45) is 5.92 Å². The Kier molecular flexibility index (Phi) is 5.84. The standard InChI is InChI=1S/C17H24NO3P/c1-12-3-4-13(5-7-14(9-12)18(2)22)6-8-16-10-15(19)11-17(20)21-16/h3-5,7,11-12,16,19H,6,8-10,22H2,1-2H3/b4-3-,13-5+,14-7?. The number of allylic oxidation sites excluding steroid dienone is 6. The highest BCUT2D eigenvalue weighted by atomic mass is 31.0. The van der Waals surface area contributed by atoms with Crippen LogP contribution in [0.2, 0.25) is 0 Å². The molecule has 0 amide bonds. The first-order chi connectivity index (χ1) is 10.4. The van der Waals surface area contributed by atoms with Crippen molar-refractivity contribution >= 4 is 15.4 Å². The number of nitrogens with zero attached hydrogens (tertiary/aromatic N) is 1. The van der Waals surface area contributed by atoms with E-state index >= 15 is 0 Å². The molecule has 2 aliphatic rings. The van der Waals surface area contributed by atoms with E-state index in [0.717, 1.165) is 18.9 Å². The van der Waals surface area contributed by atoms with Crippen molar-refractivity contribution in [3.8, 4) is 0 Å². The van der Waals surface area contributed by atoms with E-state index in [2.05, 4.69) is 45.3 Å². The monoisotopic (exact) mass is 321 g/mol. The molecule has 120 valence electrons. The molecule has 0 aromatic rings. The van der Waals surface area contributed by atoms with Crippen molar-refractivity contribution in [1.82, 2.24) is 4.67 Å². The Balaban J connectivity index is 2.00. The minimum Gasteiger partial charge on any atom is -0.512 e. The van der Waals surface area contributed by atoms with Crippen molar-refractivity contribution in [2.75, 3.05) is 7.05 Å². The van der Waals surface area contributed by atoms with Gasteiger partial charge in [0.2, 0.25) is 0 Å². The number of aliphatic hydroxyl groups is 1. The van der Waals surface area contributed by atoms with Crippen LogP contribution in [0.15, 0.2) is 47.4 Å². The van der Waals surface area contributed by atoms with Crippen molar-refractivity contribution in [3.63, 3.8) is 0 Å². The SMILES string of the molecule is CC1/C=C\C(CCC2CC(O)=CC(=O)O2)=C/C=C(N(C)P)C1. The van der Waals surface area contributed by atoms with Crippen molar-refractivity contribution in [1.29, 1.82) is 0 Å². The van der Waals surface area contributed by atoms with Crippen LogP contribution in [0, 0.1) is 5.92 Å². The zero-order chi connectivity index (χ0) is 16.1. The molecule has 0 saturated heterocycles. The van der Waals surface area contributed by atoms with Crippen LogP contribution in [-0.2, 0) is 9.53 Å². The highest BCUT2D eigenvalue weighted by Gasteiger charge is 2.21. The molecule has 0 aromatic carbocycles. The molecule has 3 unspecified atom stereocenters. The maximum Gasteiger partial charge on any atom is 0.334 e. The third-order valence-corrected chi connectivity index (χ3v) is 4.20. The predicted octanol–water partition coefficient (Wildman–Crippen LogP) is 3.65. The third kappa shape index (κ3) is 5.03. The molecule has 0 aromatic heterocycles. The molecule has 1 N–H and O–H groups in total. The summed E-state index contributed by atoms with van der Waals surface area (Å²) in [6, 6.07) is 0. The zero-order valence-electron chi connectivity index (χ0n) is 13.2. The second-order valence-corrected chi connectivity index (χ2v) is 6.76. The van der Waals surface area contributed by atoms with E-state index in [0.29, 0.717) is 18.8 Å². The Morgan fingerprint density at radius 2 is 2.18 bits per heavy atom. The van der Waals surface area contributed by atoms with Gasteiger partial charge in [0.15, 0.2) is 0 Å². The summed E-state index contributed by atoms with van der Waals surface area (Å²) < 4.78 is 7.30. The number of ether oxygens (including phenoxy) is 1. The lowest BCUT2D eigenvalue weighted by Crippen LogP contribution is -2.22. The first-order valence-corrected chi connectivity index (χ1v) is 8.12. The molecule has 1 aliphatic heterocycles. The van der Waals surface area contributed by atoms with Crippen LogP contribution in [0.25, 0.3) is 0 Å². The lowest BCUT2D eigenvalue weighted by molar-refractivity contribution is -0.145. The topological polar surface area (TPSA) is 49.8 Å². The van der Waals surface area contributed by atoms with Crippen molar-refractivity contribution < 1.29 is 14.6 Å². The molecule has 0 bridgehead atoms. The molecule has 1 heterocycles. The van der Waals surface area contributed by atoms with E-state index in [-0.39, 0.29) is 11.9 Å². The summed E-state index contributed by atoms with van der Waals surface area (Å²) in [6.45, 7) is 2.20. The van der Waals surface area contributed by atoms with Crippen LogP contribution in [-0.4, -0.2) is 28.9 Å². The number of carbonyl (C=O) groups excluding carboxylic acids is 1. The summed E-state index contributed by atoms with van der Waals surface area (Å²) in [6.07, 6.45) is 12.5. The first-order valence-electron chi connectivity index (χ1n) is 7.60. The van der Waals surface area contributed by atoms with Gasteiger partial charge in [-0.1, -0.05) is 25.2 Å². The Bertz CT molecular complexity index is 546. The molecule has 4 nitrogen and oxygen atoms in total. The number of hydrogen-bond donors (Lipinski definition) is 1. The van der Waals surface area contributed by atoms with Crippen LogP contribution in [0.3, 0.4) is 0 Å². The lowest BCUT2D eigenvalue weighted by atomic mass is 9.97. The summed E-state index contributed by atoms with van der Waals surface area (Å²) >= 11 is 0. The highest BCUT2D eigenvalue weighted by Crippen LogP contribution is 2.25. The minimum atomic E-state index is -0.448. The second-order valence-electron chi connectivity index (χ2n) is 5.99. The van der Waals surface area contributed by atoms with Crippen LogP contribution < -0.4 is 0 Å². The number of cyclic esters (lactones) is 1. The average molecular weight is 321 g/mol. The molecule has 0 fully saturated rings. The Labute approximate surface area is 134 Å². The van der Waals surface area contributed by atoms with E-state index in [1.54, 1.807) is 0 Å². The zero-order valence-corrected chi connectivity index (χ0v) is 14.3.